The van der Waals surface area contributed by atoms with E-state index in [1.165, 1.54) is 29.7 Å². The number of ether oxygens (including phenoxy) is 2. The van der Waals surface area contributed by atoms with Crippen LogP contribution in [0.5, 0.6) is 0 Å². The molecule has 5 rings (SSSR count). The Morgan fingerprint density at radius 1 is 1.05 bits per heavy atom. The number of esters is 2. The number of benzene rings is 3. The van der Waals surface area contributed by atoms with Crippen molar-refractivity contribution in [3.8, 4) is 0 Å². The molecule has 2 aliphatic rings. The average molecular weight is 590 g/mol. The number of rotatable bonds is 9. The third-order valence-electron chi connectivity index (χ3n) is 6.27. The van der Waals surface area contributed by atoms with E-state index in [0.717, 1.165) is 23.1 Å². The van der Waals surface area contributed by atoms with Gasteiger partial charge in [-0.3, -0.25) is 24.6 Å². The van der Waals surface area contributed by atoms with Crippen molar-refractivity contribution in [3.63, 3.8) is 0 Å². The van der Waals surface area contributed by atoms with Crippen LogP contribution in [0.3, 0.4) is 0 Å². The summed E-state index contributed by atoms with van der Waals surface area (Å²) in [6.45, 7) is 1.08. The normalized spacial score (nSPS) is 17.2. The van der Waals surface area contributed by atoms with Gasteiger partial charge >= 0.3 is 11.9 Å². The van der Waals surface area contributed by atoms with E-state index in [9.17, 15) is 24.5 Å². The number of para-hydroxylation sites is 1. The smallest absolute Gasteiger partial charge is 0.356 e. The predicted octanol–water partition coefficient (Wildman–Crippen LogP) is 5.11. The second kappa shape index (κ2) is 12.4. The zero-order valence-corrected chi connectivity index (χ0v) is 23.3. The molecule has 41 heavy (non-hydrogen) atoms. The lowest BCUT2D eigenvalue weighted by Gasteiger charge is -2.44. The van der Waals surface area contributed by atoms with Crippen molar-refractivity contribution < 1.29 is 28.8 Å². The van der Waals surface area contributed by atoms with Crippen LogP contribution >= 0.6 is 23.7 Å². The van der Waals surface area contributed by atoms with E-state index in [1.807, 2.05) is 60.7 Å². The van der Waals surface area contributed by atoms with Crippen LogP contribution in [0.2, 0.25) is 0 Å². The highest BCUT2D eigenvalue weighted by Crippen LogP contribution is 2.42. The maximum Gasteiger partial charge on any atom is 0.356 e. The van der Waals surface area contributed by atoms with Crippen LogP contribution in [-0.4, -0.2) is 51.1 Å². The fourth-order valence-electron chi connectivity index (χ4n) is 4.34. The van der Waals surface area contributed by atoms with Gasteiger partial charge in [0.05, 0.1) is 4.92 Å². The molecule has 0 aliphatic carbocycles. The Labute approximate surface area is 243 Å². The Balaban J connectivity index is 1.45. The molecule has 1 amide bonds. The highest BCUT2D eigenvalue weighted by atomic mass is 32.2. The lowest BCUT2D eigenvalue weighted by Crippen LogP contribution is -2.62. The van der Waals surface area contributed by atoms with Gasteiger partial charge in [0.15, 0.2) is 6.10 Å². The van der Waals surface area contributed by atoms with Crippen LogP contribution in [0.1, 0.15) is 24.2 Å². The molecule has 2 aliphatic heterocycles. The molecule has 0 radical (unpaired) electrons. The minimum absolute atomic E-state index is 0.00602. The fourth-order valence-corrected chi connectivity index (χ4v) is 6.40. The second-order valence-corrected chi connectivity index (χ2v) is 10.8. The first-order valence-electron chi connectivity index (χ1n) is 12.4. The first-order valence-corrected chi connectivity index (χ1v) is 14.3. The van der Waals surface area contributed by atoms with Crippen molar-refractivity contribution in [2.45, 2.75) is 23.3 Å². The first-order chi connectivity index (χ1) is 19.8. The number of nitrogens with zero attached hydrogens (tertiary/aromatic N) is 3. The topological polar surface area (TPSA) is 128 Å². The van der Waals surface area contributed by atoms with E-state index < -0.39 is 34.2 Å². The second-order valence-electron chi connectivity index (χ2n) is 8.97. The van der Waals surface area contributed by atoms with Crippen molar-refractivity contribution in [1.82, 2.24) is 4.90 Å². The molecule has 0 saturated carbocycles. The van der Waals surface area contributed by atoms with Gasteiger partial charge in [0.2, 0.25) is 0 Å². The molecule has 0 unspecified atom stereocenters. The molecule has 2 heterocycles. The summed E-state index contributed by atoms with van der Waals surface area (Å²) in [5.41, 5.74) is 1.97. The highest BCUT2D eigenvalue weighted by molar-refractivity contribution is 8.01. The van der Waals surface area contributed by atoms with E-state index in [4.69, 9.17) is 9.47 Å². The SMILES string of the molecule is CC(=O)OCC1=C(C(=O)OC(c2ccccc2)c2ccccc2)N2C(=O)C(=NSc3ccccc3[N+](=O)[O-])[C@@H]2SC1. The molecule has 0 spiro atoms. The largest absolute Gasteiger partial charge is 0.461 e. The first kappa shape index (κ1) is 28.1. The summed E-state index contributed by atoms with van der Waals surface area (Å²) in [6, 6.07) is 24.6. The summed E-state index contributed by atoms with van der Waals surface area (Å²) >= 11 is 2.17. The third-order valence-corrected chi connectivity index (χ3v) is 8.37. The number of carbonyl (C=O) groups is 3. The highest BCUT2D eigenvalue weighted by Gasteiger charge is 2.52. The van der Waals surface area contributed by atoms with Crippen molar-refractivity contribution in [1.29, 1.82) is 0 Å². The molecule has 0 bridgehead atoms. The van der Waals surface area contributed by atoms with E-state index in [0.29, 0.717) is 5.57 Å². The van der Waals surface area contributed by atoms with Gasteiger partial charge in [-0.2, -0.15) is 0 Å². The fraction of sp³-hybridized carbons (Fsp3) is 0.172. The van der Waals surface area contributed by atoms with Crippen LogP contribution in [0.25, 0.3) is 0 Å². The van der Waals surface area contributed by atoms with Crippen molar-refractivity contribution in [3.05, 3.63) is 117 Å². The molecular formula is C29H23N3O7S2. The maximum absolute atomic E-state index is 13.8. The number of hydrogen-bond acceptors (Lipinski definition) is 10. The van der Waals surface area contributed by atoms with Gasteiger partial charge in [-0.25, -0.2) is 9.19 Å². The van der Waals surface area contributed by atoms with Gasteiger partial charge in [-0.15, -0.1) is 11.8 Å². The number of thioether (sulfide) groups is 1. The monoisotopic (exact) mass is 589 g/mol. The van der Waals surface area contributed by atoms with E-state index in [1.54, 1.807) is 18.2 Å². The van der Waals surface area contributed by atoms with Crippen molar-refractivity contribution >= 4 is 53.0 Å². The molecule has 12 heteroatoms. The zero-order valence-electron chi connectivity index (χ0n) is 21.7. The van der Waals surface area contributed by atoms with Crippen LogP contribution in [0, 0.1) is 10.1 Å². The molecule has 208 valence electrons. The zero-order chi connectivity index (χ0) is 28.9. The third kappa shape index (κ3) is 6.03. The Hall–Kier alpha value is -4.42. The summed E-state index contributed by atoms with van der Waals surface area (Å²) < 4.78 is 15.6. The van der Waals surface area contributed by atoms with Crippen LogP contribution < -0.4 is 0 Å². The minimum atomic E-state index is -0.751. The van der Waals surface area contributed by atoms with Crippen LogP contribution in [0.4, 0.5) is 5.69 Å². The van der Waals surface area contributed by atoms with Gasteiger partial charge in [0.1, 0.15) is 28.3 Å². The Morgan fingerprint density at radius 2 is 1.66 bits per heavy atom. The quantitative estimate of drug-likeness (QED) is 0.110. The Kier molecular flexibility index (Phi) is 8.50. The molecule has 1 fully saturated rings. The number of nitro groups is 1. The van der Waals surface area contributed by atoms with Crippen molar-refractivity contribution in [2.75, 3.05) is 12.4 Å². The molecule has 1 saturated heterocycles. The molecule has 1 atom stereocenters. The summed E-state index contributed by atoms with van der Waals surface area (Å²) in [7, 11) is 0. The summed E-state index contributed by atoms with van der Waals surface area (Å²) in [4.78, 5) is 51.2. The lowest BCUT2D eigenvalue weighted by molar-refractivity contribution is -0.387. The maximum atomic E-state index is 13.8. The molecular weight excluding hydrogens is 566 g/mol. The van der Waals surface area contributed by atoms with Gasteiger partial charge in [0, 0.05) is 36.3 Å². The molecule has 3 aromatic rings. The summed E-state index contributed by atoms with van der Waals surface area (Å²) in [5.74, 6) is -1.52. The average Bonchev–Trinajstić information content (AvgIpc) is 2.99. The van der Waals surface area contributed by atoms with Gasteiger partial charge in [0.25, 0.3) is 11.6 Å². The summed E-state index contributed by atoms with van der Waals surface area (Å²) in [5, 5.41) is 10.8. The van der Waals surface area contributed by atoms with Crippen molar-refractivity contribution in [2.24, 2.45) is 4.40 Å². The van der Waals surface area contributed by atoms with Gasteiger partial charge in [-0.1, -0.05) is 72.8 Å². The Morgan fingerprint density at radius 3 is 2.27 bits per heavy atom. The number of carbonyl (C=O) groups excluding carboxylic acids is 3. The predicted molar refractivity (Wildman–Crippen MR) is 154 cm³/mol. The van der Waals surface area contributed by atoms with E-state index in [-0.39, 0.29) is 34.4 Å². The Bertz CT molecular complexity index is 1520. The van der Waals surface area contributed by atoms with Crippen LogP contribution in [0.15, 0.2) is 105 Å². The molecule has 0 aromatic heterocycles. The number of fused-ring (bicyclic) bond motifs is 1. The van der Waals surface area contributed by atoms with E-state index in [2.05, 4.69) is 4.40 Å². The standard InChI is InChI=1S/C29H23N3O7S2/c1-18(33)38-16-21-17-40-28-24(30-41-23-15-9-8-14-22(23)32(36)37)27(34)31(28)25(21)29(35)39-26(19-10-4-2-5-11-19)20-12-6-3-7-13-20/h2-15,26,28H,16-17H2,1H3/t28-/m0/s1. The molecule has 10 nitrogen and oxygen atoms in total. The number of β-lactam (4-membered cyclic amide) rings is 1. The van der Waals surface area contributed by atoms with Crippen LogP contribution in [-0.2, 0) is 23.9 Å². The van der Waals surface area contributed by atoms with Gasteiger partial charge in [-0.05, 0) is 17.2 Å². The summed E-state index contributed by atoms with van der Waals surface area (Å²) in [6.07, 6.45) is -0.751. The van der Waals surface area contributed by atoms with Gasteiger partial charge < -0.3 is 9.47 Å². The minimum Gasteiger partial charge on any atom is -0.461 e. The number of hydrogen-bond donors (Lipinski definition) is 0. The molecule has 0 N–H and O–H groups in total. The molecule has 3 aromatic carbocycles. The number of amides is 1. The number of nitro benzene ring substituents is 1. The van der Waals surface area contributed by atoms with E-state index >= 15 is 0 Å². The lowest BCUT2D eigenvalue weighted by atomic mass is 10.0.